The number of carbonyl (C=O) groups is 2. The molecule has 0 saturated carbocycles. The lowest BCUT2D eigenvalue weighted by atomic mass is 9.94. The summed E-state index contributed by atoms with van der Waals surface area (Å²) in [5.74, 6) is 0.743. The van der Waals surface area contributed by atoms with Gasteiger partial charge in [-0.25, -0.2) is 9.59 Å². The molecule has 2 saturated heterocycles. The van der Waals surface area contributed by atoms with E-state index >= 15 is 0 Å². The molecule has 2 heterocycles. The number of hydrogen-bond acceptors (Lipinski definition) is 3. The van der Waals surface area contributed by atoms with Crippen molar-refractivity contribution in [2.45, 2.75) is 38.8 Å². The highest BCUT2D eigenvalue weighted by Crippen LogP contribution is 2.27. The van der Waals surface area contributed by atoms with Gasteiger partial charge in [-0.1, -0.05) is 6.92 Å². The molecule has 0 bridgehead atoms. The van der Waals surface area contributed by atoms with Crippen LogP contribution < -0.4 is 0 Å². The maximum Gasteiger partial charge on any atom is 0.327 e. The zero-order valence-electron chi connectivity index (χ0n) is 10.8. The van der Waals surface area contributed by atoms with Crippen LogP contribution in [-0.4, -0.2) is 57.2 Å². The fourth-order valence-electron chi connectivity index (χ4n) is 2.69. The second kappa shape index (κ2) is 5.38. The summed E-state index contributed by atoms with van der Waals surface area (Å²) >= 11 is 1.51. The summed E-state index contributed by atoms with van der Waals surface area (Å²) in [6, 6.07) is -0.554. The van der Waals surface area contributed by atoms with Gasteiger partial charge in [0.15, 0.2) is 0 Å². The van der Waals surface area contributed by atoms with Crippen molar-refractivity contribution in [3.8, 4) is 0 Å². The van der Waals surface area contributed by atoms with Crippen molar-refractivity contribution in [2.75, 3.05) is 18.2 Å². The summed E-state index contributed by atoms with van der Waals surface area (Å²) in [4.78, 5) is 26.8. The number of hydrogen-bond donors (Lipinski definition) is 1. The first-order valence-corrected chi connectivity index (χ1v) is 7.54. The molecule has 1 N–H and O–H groups in total. The number of thioether (sulfide) groups is 1. The molecule has 2 fully saturated rings. The highest BCUT2D eigenvalue weighted by atomic mass is 32.2. The molecule has 102 valence electrons. The summed E-state index contributed by atoms with van der Waals surface area (Å²) in [6.45, 7) is 4.99. The molecule has 3 atom stereocenters. The van der Waals surface area contributed by atoms with Crippen LogP contribution in [0.4, 0.5) is 4.79 Å². The molecule has 0 radical (unpaired) electrons. The van der Waals surface area contributed by atoms with Gasteiger partial charge in [0.1, 0.15) is 6.04 Å². The molecule has 2 amide bonds. The maximum atomic E-state index is 12.4. The summed E-state index contributed by atoms with van der Waals surface area (Å²) in [5.41, 5.74) is 0. The molecule has 6 heteroatoms. The number of urea groups is 1. The number of carboxylic acids is 1. The molecule has 0 aromatic carbocycles. The van der Waals surface area contributed by atoms with Gasteiger partial charge >= 0.3 is 12.0 Å². The highest BCUT2D eigenvalue weighted by Gasteiger charge is 2.38. The number of amides is 2. The topological polar surface area (TPSA) is 60.9 Å². The van der Waals surface area contributed by atoms with Crippen molar-refractivity contribution in [3.63, 3.8) is 0 Å². The molecule has 0 spiro atoms. The predicted molar refractivity (Wildman–Crippen MR) is 70.5 cm³/mol. The second-order valence-electron chi connectivity index (χ2n) is 5.28. The standard InChI is InChI=1S/C12H20N2O3S/c1-8-3-4-13(9(2)5-8)12(17)14-7-18-6-10(14)11(15)16/h8-10H,3-7H2,1-2H3,(H,15,16)/t8?,9?,10-/m0/s1. The number of rotatable bonds is 1. The number of likely N-dealkylation sites (tertiary alicyclic amines) is 1. The van der Waals surface area contributed by atoms with Gasteiger partial charge in [0.05, 0.1) is 5.88 Å². The SMILES string of the molecule is CC1CCN(C(=O)N2CSC[C@H]2C(=O)O)C(C)C1. The molecule has 2 aliphatic heterocycles. The van der Waals surface area contributed by atoms with Crippen molar-refractivity contribution in [1.29, 1.82) is 0 Å². The zero-order valence-corrected chi connectivity index (χ0v) is 11.7. The van der Waals surface area contributed by atoms with Gasteiger partial charge in [0.25, 0.3) is 0 Å². The largest absolute Gasteiger partial charge is 0.480 e. The monoisotopic (exact) mass is 272 g/mol. The predicted octanol–water partition coefficient (Wildman–Crippen LogP) is 1.69. The summed E-state index contributed by atoms with van der Waals surface area (Å²) in [5, 5.41) is 9.11. The van der Waals surface area contributed by atoms with Crippen LogP contribution >= 0.6 is 11.8 Å². The zero-order chi connectivity index (χ0) is 13.3. The normalized spacial score (nSPS) is 32.7. The van der Waals surface area contributed by atoms with Gasteiger partial charge in [-0.15, -0.1) is 11.8 Å². The van der Waals surface area contributed by atoms with E-state index in [1.807, 2.05) is 11.8 Å². The Labute approximate surface area is 112 Å². The number of nitrogens with zero attached hydrogens (tertiary/aromatic N) is 2. The summed E-state index contributed by atoms with van der Waals surface area (Å²) in [7, 11) is 0. The molecule has 18 heavy (non-hydrogen) atoms. The van der Waals surface area contributed by atoms with Crippen molar-refractivity contribution in [1.82, 2.24) is 9.80 Å². The van der Waals surface area contributed by atoms with Crippen LogP contribution in [0.2, 0.25) is 0 Å². The minimum absolute atomic E-state index is 0.105. The Morgan fingerprint density at radius 2 is 2.00 bits per heavy atom. The highest BCUT2D eigenvalue weighted by molar-refractivity contribution is 7.99. The van der Waals surface area contributed by atoms with Crippen molar-refractivity contribution >= 4 is 23.8 Å². The van der Waals surface area contributed by atoms with Gasteiger partial charge in [0.2, 0.25) is 0 Å². The van der Waals surface area contributed by atoms with Crippen LogP contribution in [-0.2, 0) is 4.79 Å². The summed E-state index contributed by atoms with van der Waals surface area (Å²) in [6.07, 6.45) is 2.01. The van der Waals surface area contributed by atoms with E-state index in [9.17, 15) is 9.59 Å². The second-order valence-corrected chi connectivity index (χ2v) is 6.28. The van der Waals surface area contributed by atoms with Gasteiger partial charge in [-0.05, 0) is 25.7 Å². The molecule has 2 aliphatic rings. The van der Waals surface area contributed by atoms with Crippen LogP contribution in [0.3, 0.4) is 0 Å². The maximum absolute atomic E-state index is 12.4. The Morgan fingerprint density at radius 3 is 2.61 bits per heavy atom. The third-order valence-corrected chi connectivity index (χ3v) is 4.81. The average Bonchev–Trinajstić information content (AvgIpc) is 2.77. The van der Waals surface area contributed by atoms with E-state index in [0.29, 0.717) is 17.5 Å². The van der Waals surface area contributed by atoms with Crippen LogP contribution in [0.15, 0.2) is 0 Å². The van der Waals surface area contributed by atoms with Crippen molar-refractivity contribution in [3.05, 3.63) is 0 Å². The first-order valence-electron chi connectivity index (χ1n) is 6.38. The molecule has 0 aliphatic carbocycles. The molecular formula is C12H20N2O3S. The number of carboxylic acid groups (broad SMARTS) is 1. The quantitative estimate of drug-likeness (QED) is 0.789. The number of carbonyl (C=O) groups excluding carboxylic acids is 1. The molecular weight excluding hydrogens is 252 g/mol. The lowest BCUT2D eigenvalue weighted by molar-refractivity contribution is -0.141. The van der Waals surface area contributed by atoms with Gasteiger partial charge < -0.3 is 14.9 Å². The first kappa shape index (κ1) is 13.5. The minimum Gasteiger partial charge on any atom is -0.480 e. The first-order chi connectivity index (χ1) is 8.50. The lowest BCUT2D eigenvalue weighted by Crippen LogP contribution is -2.53. The van der Waals surface area contributed by atoms with Gasteiger partial charge in [0, 0.05) is 18.3 Å². The Kier molecular flexibility index (Phi) is 4.04. The van der Waals surface area contributed by atoms with Crippen LogP contribution in [0.5, 0.6) is 0 Å². The Bertz CT molecular complexity index is 350. The van der Waals surface area contributed by atoms with E-state index in [1.165, 1.54) is 16.7 Å². The molecule has 0 aromatic rings. The van der Waals surface area contributed by atoms with E-state index in [-0.39, 0.29) is 12.1 Å². The third-order valence-electron chi connectivity index (χ3n) is 3.80. The third kappa shape index (κ3) is 2.58. The van der Waals surface area contributed by atoms with E-state index in [4.69, 9.17) is 5.11 Å². The Hall–Kier alpha value is -0.910. The lowest BCUT2D eigenvalue weighted by Gasteiger charge is -2.39. The number of aliphatic carboxylic acids is 1. The summed E-state index contributed by atoms with van der Waals surface area (Å²) < 4.78 is 0. The molecule has 0 aromatic heterocycles. The van der Waals surface area contributed by atoms with Crippen molar-refractivity contribution < 1.29 is 14.7 Å². The minimum atomic E-state index is -0.897. The van der Waals surface area contributed by atoms with Crippen molar-refractivity contribution in [2.24, 2.45) is 5.92 Å². The molecule has 2 rings (SSSR count). The van der Waals surface area contributed by atoms with Crippen LogP contribution in [0.25, 0.3) is 0 Å². The van der Waals surface area contributed by atoms with E-state index in [0.717, 1.165) is 19.4 Å². The van der Waals surface area contributed by atoms with Gasteiger partial charge in [-0.2, -0.15) is 0 Å². The van der Waals surface area contributed by atoms with Crippen LogP contribution in [0.1, 0.15) is 26.7 Å². The van der Waals surface area contributed by atoms with E-state index < -0.39 is 12.0 Å². The van der Waals surface area contributed by atoms with E-state index in [1.54, 1.807) is 0 Å². The Balaban J connectivity index is 2.04. The van der Waals surface area contributed by atoms with Crippen LogP contribution in [0, 0.1) is 5.92 Å². The molecule has 5 nitrogen and oxygen atoms in total. The van der Waals surface area contributed by atoms with E-state index in [2.05, 4.69) is 6.92 Å². The molecule has 2 unspecified atom stereocenters. The fraction of sp³-hybridized carbons (Fsp3) is 0.833. The van der Waals surface area contributed by atoms with Gasteiger partial charge in [-0.3, -0.25) is 0 Å². The average molecular weight is 272 g/mol. The Morgan fingerprint density at radius 1 is 1.28 bits per heavy atom. The number of piperidine rings is 1. The fourth-order valence-corrected chi connectivity index (χ4v) is 3.83. The smallest absolute Gasteiger partial charge is 0.327 e.